The average Bonchev–Trinajstić information content (AvgIpc) is 2.92. The fraction of sp³-hybridized carbons (Fsp3) is 0.444. The summed E-state index contributed by atoms with van der Waals surface area (Å²) in [6.07, 6.45) is -8.05. The van der Waals surface area contributed by atoms with Crippen LogP contribution in [0.2, 0.25) is 0 Å². The average molecular weight is 607 g/mol. The SMILES string of the molecule is COc1ccc(C(NC(=O)C(N)Cc2cccc(F)c2)C(=O)NC(C(C)C)C(O)C(F)(F)C(=O)NCC(F)(F)F)cc1. The molecule has 0 saturated heterocycles. The predicted molar refractivity (Wildman–Crippen MR) is 139 cm³/mol. The highest BCUT2D eigenvalue weighted by Gasteiger charge is 2.52. The molecule has 6 N–H and O–H groups in total. The number of rotatable bonds is 13. The van der Waals surface area contributed by atoms with Gasteiger partial charge in [-0.05, 0) is 47.7 Å². The summed E-state index contributed by atoms with van der Waals surface area (Å²) < 4.78 is 85.3. The van der Waals surface area contributed by atoms with Crippen molar-refractivity contribution in [2.45, 2.75) is 56.6 Å². The number of benzene rings is 2. The van der Waals surface area contributed by atoms with E-state index >= 15 is 0 Å². The number of carbonyl (C=O) groups is 3. The van der Waals surface area contributed by atoms with Crippen LogP contribution in [0.15, 0.2) is 48.5 Å². The second-order valence-corrected chi connectivity index (χ2v) is 9.80. The van der Waals surface area contributed by atoms with E-state index in [-0.39, 0.29) is 12.0 Å². The summed E-state index contributed by atoms with van der Waals surface area (Å²) in [5.74, 6) is -10.2. The number of nitrogens with two attached hydrogens (primary N) is 1. The maximum absolute atomic E-state index is 14.7. The third-order valence-electron chi connectivity index (χ3n) is 6.17. The first-order valence-corrected chi connectivity index (χ1v) is 12.6. The van der Waals surface area contributed by atoms with E-state index in [9.17, 15) is 45.8 Å². The minimum Gasteiger partial charge on any atom is -0.497 e. The highest BCUT2D eigenvalue weighted by atomic mass is 19.4. The molecule has 0 aliphatic heterocycles. The minimum absolute atomic E-state index is 0.118. The standard InChI is InChI=1S/C27H32F6N4O5/c1-14(2)20(22(38)27(32,33)25(41)35-13-26(29,30)31)36-24(40)21(16-7-9-18(42-3)10-8-16)37-23(39)19(34)12-15-5-4-6-17(28)11-15/h4-11,14,19-22,38H,12-13,34H2,1-3H3,(H,35,41)(H,36,40)(H,37,39). The second-order valence-electron chi connectivity index (χ2n) is 9.80. The van der Waals surface area contributed by atoms with Gasteiger partial charge in [-0.3, -0.25) is 14.4 Å². The number of aliphatic hydroxyl groups excluding tert-OH is 1. The predicted octanol–water partition coefficient (Wildman–Crippen LogP) is 2.38. The van der Waals surface area contributed by atoms with Crippen molar-refractivity contribution < 1.29 is 50.6 Å². The summed E-state index contributed by atoms with van der Waals surface area (Å²) in [7, 11) is 1.38. The van der Waals surface area contributed by atoms with Crippen molar-refractivity contribution >= 4 is 17.7 Å². The first-order valence-electron chi connectivity index (χ1n) is 12.6. The van der Waals surface area contributed by atoms with Gasteiger partial charge in [0.05, 0.1) is 19.2 Å². The zero-order valence-electron chi connectivity index (χ0n) is 22.8. The summed E-state index contributed by atoms with van der Waals surface area (Å²) in [6, 6.07) is 6.29. The molecule has 2 aromatic carbocycles. The largest absolute Gasteiger partial charge is 0.497 e. The van der Waals surface area contributed by atoms with Crippen LogP contribution < -0.4 is 26.4 Å². The van der Waals surface area contributed by atoms with Gasteiger partial charge in [-0.2, -0.15) is 22.0 Å². The van der Waals surface area contributed by atoms with Gasteiger partial charge in [0, 0.05) is 0 Å². The van der Waals surface area contributed by atoms with Crippen LogP contribution in [0, 0.1) is 11.7 Å². The Morgan fingerprint density at radius 1 is 0.976 bits per heavy atom. The van der Waals surface area contributed by atoms with E-state index in [4.69, 9.17) is 10.5 Å². The van der Waals surface area contributed by atoms with Crippen molar-refractivity contribution in [2.75, 3.05) is 13.7 Å². The number of aliphatic hydroxyl groups is 1. The molecule has 0 saturated carbocycles. The van der Waals surface area contributed by atoms with Crippen molar-refractivity contribution in [3.05, 3.63) is 65.5 Å². The third-order valence-corrected chi connectivity index (χ3v) is 6.17. The Hall–Kier alpha value is -3.85. The van der Waals surface area contributed by atoms with E-state index in [2.05, 4.69) is 10.6 Å². The molecule has 0 aromatic heterocycles. The molecule has 0 fully saturated rings. The summed E-state index contributed by atoms with van der Waals surface area (Å²) in [6.45, 7) is 0.565. The Morgan fingerprint density at radius 2 is 1.60 bits per heavy atom. The maximum Gasteiger partial charge on any atom is 0.405 e. The summed E-state index contributed by atoms with van der Waals surface area (Å²) >= 11 is 0. The lowest BCUT2D eigenvalue weighted by Gasteiger charge is -2.33. The summed E-state index contributed by atoms with van der Waals surface area (Å²) in [5.41, 5.74) is 6.50. The smallest absolute Gasteiger partial charge is 0.405 e. The van der Waals surface area contributed by atoms with Gasteiger partial charge in [-0.25, -0.2) is 4.39 Å². The Balaban J connectivity index is 2.30. The van der Waals surface area contributed by atoms with E-state index in [1.807, 2.05) is 0 Å². The van der Waals surface area contributed by atoms with Crippen LogP contribution in [0.4, 0.5) is 26.3 Å². The van der Waals surface area contributed by atoms with Gasteiger partial charge in [-0.15, -0.1) is 0 Å². The fourth-order valence-electron chi connectivity index (χ4n) is 3.87. The van der Waals surface area contributed by atoms with E-state index in [0.29, 0.717) is 11.3 Å². The Bertz CT molecular complexity index is 1230. The molecule has 15 heteroatoms. The molecule has 42 heavy (non-hydrogen) atoms. The normalized spacial score (nSPS) is 14.9. The molecule has 2 aromatic rings. The van der Waals surface area contributed by atoms with Crippen LogP contribution in [-0.4, -0.2) is 66.8 Å². The molecule has 3 amide bonds. The zero-order chi connectivity index (χ0) is 31.8. The fourth-order valence-corrected chi connectivity index (χ4v) is 3.87. The number of amides is 3. The van der Waals surface area contributed by atoms with Gasteiger partial charge < -0.3 is 31.5 Å². The maximum atomic E-state index is 14.7. The molecular formula is C27H32F6N4O5. The van der Waals surface area contributed by atoms with Crippen molar-refractivity contribution in [1.29, 1.82) is 0 Å². The molecule has 9 nitrogen and oxygen atoms in total. The van der Waals surface area contributed by atoms with E-state index < -0.39 is 72.3 Å². The van der Waals surface area contributed by atoms with E-state index in [1.54, 1.807) is 0 Å². The van der Waals surface area contributed by atoms with Gasteiger partial charge in [0.2, 0.25) is 11.8 Å². The van der Waals surface area contributed by atoms with Crippen molar-refractivity contribution in [1.82, 2.24) is 16.0 Å². The molecule has 0 radical (unpaired) electrons. The molecule has 4 atom stereocenters. The highest BCUT2D eigenvalue weighted by Crippen LogP contribution is 2.27. The first-order chi connectivity index (χ1) is 19.5. The minimum atomic E-state index is -4.98. The van der Waals surface area contributed by atoms with Gasteiger partial charge in [-0.1, -0.05) is 38.1 Å². The summed E-state index contributed by atoms with van der Waals surface area (Å²) in [5, 5.41) is 16.0. The van der Waals surface area contributed by atoms with Crippen LogP contribution >= 0.6 is 0 Å². The molecule has 0 spiro atoms. The Labute approximate surface area is 237 Å². The van der Waals surface area contributed by atoms with Crippen LogP contribution in [0.3, 0.4) is 0 Å². The number of methoxy groups -OCH3 is 1. The Morgan fingerprint density at radius 3 is 2.12 bits per heavy atom. The number of ether oxygens (including phenoxy) is 1. The molecule has 0 aliphatic carbocycles. The number of nitrogens with one attached hydrogen (secondary N) is 3. The number of carbonyl (C=O) groups excluding carboxylic acids is 3. The molecule has 232 valence electrons. The molecule has 4 unspecified atom stereocenters. The third kappa shape index (κ3) is 9.62. The van der Waals surface area contributed by atoms with Crippen molar-refractivity contribution in [2.24, 2.45) is 11.7 Å². The number of halogens is 6. The Kier molecular flexibility index (Phi) is 11.7. The number of hydrogen-bond acceptors (Lipinski definition) is 6. The van der Waals surface area contributed by atoms with Gasteiger partial charge in [0.25, 0.3) is 5.91 Å². The number of alkyl halides is 5. The van der Waals surface area contributed by atoms with Gasteiger partial charge in [0.15, 0.2) is 0 Å². The topological polar surface area (TPSA) is 143 Å². The molecule has 2 rings (SSSR count). The quantitative estimate of drug-likeness (QED) is 0.222. The van der Waals surface area contributed by atoms with E-state index in [1.165, 1.54) is 69.5 Å². The highest BCUT2D eigenvalue weighted by molar-refractivity contribution is 5.91. The van der Waals surface area contributed by atoms with Crippen LogP contribution in [-0.2, 0) is 20.8 Å². The van der Waals surface area contributed by atoms with Crippen LogP contribution in [0.25, 0.3) is 0 Å². The van der Waals surface area contributed by atoms with Gasteiger partial charge >= 0.3 is 12.1 Å². The van der Waals surface area contributed by atoms with Crippen molar-refractivity contribution in [3.8, 4) is 5.75 Å². The summed E-state index contributed by atoms with van der Waals surface area (Å²) in [4.78, 5) is 38.2. The molecular weight excluding hydrogens is 574 g/mol. The number of hydrogen-bond donors (Lipinski definition) is 5. The molecule has 0 heterocycles. The van der Waals surface area contributed by atoms with E-state index in [0.717, 1.165) is 5.32 Å². The lowest BCUT2D eigenvalue weighted by Crippen LogP contribution is -2.60. The van der Waals surface area contributed by atoms with Crippen LogP contribution in [0.5, 0.6) is 5.75 Å². The zero-order valence-corrected chi connectivity index (χ0v) is 22.8. The molecule has 0 bridgehead atoms. The van der Waals surface area contributed by atoms with Gasteiger partial charge in [0.1, 0.15) is 30.3 Å². The monoisotopic (exact) mass is 606 g/mol. The van der Waals surface area contributed by atoms with Crippen LogP contribution in [0.1, 0.15) is 31.0 Å². The lowest BCUT2D eigenvalue weighted by atomic mass is 9.93. The molecule has 0 aliphatic rings. The first kappa shape index (κ1) is 34.4. The van der Waals surface area contributed by atoms with Crippen molar-refractivity contribution in [3.63, 3.8) is 0 Å². The second kappa shape index (κ2) is 14.4. The lowest BCUT2D eigenvalue weighted by molar-refractivity contribution is -0.175.